The lowest BCUT2D eigenvalue weighted by Gasteiger charge is -2.07. The fourth-order valence-electron chi connectivity index (χ4n) is 1.73. The fourth-order valence-corrected chi connectivity index (χ4v) is 1.73. The first-order chi connectivity index (χ1) is 10.0. The van der Waals surface area contributed by atoms with E-state index < -0.39 is 5.97 Å². The molecule has 3 N–H and O–H groups in total. The molecule has 7 nitrogen and oxygen atoms in total. The van der Waals surface area contributed by atoms with Gasteiger partial charge in [0.25, 0.3) is 0 Å². The van der Waals surface area contributed by atoms with Crippen molar-refractivity contribution in [1.29, 1.82) is 0 Å². The number of nitrogens with one attached hydrogen (secondary N) is 2. The molecule has 0 bridgehead atoms. The SMILES string of the molecule is Cc1cc(CNC(=O)NCc2cccc(C(=O)O)c2)on1. The molecular formula is C14H15N3O4. The van der Waals surface area contributed by atoms with Crippen LogP contribution in [0.2, 0.25) is 0 Å². The van der Waals surface area contributed by atoms with Gasteiger partial charge in [-0.05, 0) is 24.6 Å². The number of carbonyl (C=O) groups excluding carboxylic acids is 1. The van der Waals surface area contributed by atoms with Crippen LogP contribution < -0.4 is 10.6 Å². The summed E-state index contributed by atoms with van der Waals surface area (Å²) in [6.45, 7) is 2.27. The summed E-state index contributed by atoms with van der Waals surface area (Å²) in [5.74, 6) is -0.433. The molecule has 0 saturated carbocycles. The molecule has 0 radical (unpaired) electrons. The van der Waals surface area contributed by atoms with Crippen molar-refractivity contribution in [3.63, 3.8) is 0 Å². The van der Waals surface area contributed by atoms with Crippen LogP contribution in [0.15, 0.2) is 34.9 Å². The number of carboxylic acids is 1. The van der Waals surface area contributed by atoms with Gasteiger partial charge in [0.15, 0.2) is 5.76 Å². The Bertz CT molecular complexity index is 651. The van der Waals surface area contributed by atoms with Crippen molar-refractivity contribution >= 4 is 12.0 Å². The van der Waals surface area contributed by atoms with E-state index in [1.54, 1.807) is 25.1 Å². The lowest BCUT2D eigenvalue weighted by atomic mass is 10.1. The second-order valence-electron chi connectivity index (χ2n) is 4.48. The average Bonchev–Trinajstić information content (AvgIpc) is 2.89. The monoisotopic (exact) mass is 289 g/mol. The molecule has 1 aromatic carbocycles. The van der Waals surface area contributed by atoms with Gasteiger partial charge in [0, 0.05) is 12.6 Å². The zero-order valence-electron chi connectivity index (χ0n) is 11.4. The molecule has 1 heterocycles. The van der Waals surface area contributed by atoms with Crippen LogP contribution in [0.1, 0.15) is 27.4 Å². The minimum absolute atomic E-state index is 0.187. The largest absolute Gasteiger partial charge is 0.478 e. The highest BCUT2D eigenvalue weighted by Gasteiger charge is 2.06. The molecular weight excluding hydrogens is 274 g/mol. The van der Waals surface area contributed by atoms with E-state index in [0.717, 1.165) is 5.69 Å². The van der Waals surface area contributed by atoms with Gasteiger partial charge in [0.2, 0.25) is 0 Å². The van der Waals surface area contributed by atoms with Gasteiger partial charge in [-0.25, -0.2) is 9.59 Å². The maximum Gasteiger partial charge on any atom is 0.335 e. The molecule has 0 saturated heterocycles. The number of rotatable bonds is 5. The number of hydrogen-bond acceptors (Lipinski definition) is 4. The number of hydrogen-bond donors (Lipinski definition) is 3. The molecule has 0 aliphatic carbocycles. The molecule has 1 aromatic heterocycles. The van der Waals surface area contributed by atoms with Crippen LogP contribution in [0, 0.1) is 6.92 Å². The molecule has 2 aromatic rings. The minimum Gasteiger partial charge on any atom is -0.478 e. The molecule has 0 unspecified atom stereocenters. The Morgan fingerprint density at radius 2 is 2.00 bits per heavy atom. The van der Waals surface area contributed by atoms with Gasteiger partial charge in [-0.1, -0.05) is 17.3 Å². The van der Waals surface area contributed by atoms with Crippen molar-refractivity contribution in [3.05, 3.63) is 52.9 Å². The quantitative estimate of drug-likeness (QED) is 0.776. The normalized spacial score (nSPS) is 10.1. The third-order valence-corrected chi connectivity index (χ3v) is 2.73. The van der Waals surface area contributed by atoms with Crippen LogP contribution in [0.4, 0.5) is 4.79 Å². The van der Waals surface area contributed by atoms with Crippen LogP contribution in [-0.4, -0.2) is 22.3 Å². The van der Waals surface area contributed by atoms with E-state index in [1.165, 1.54) is 12.1 Å². The van der Waals surface area contributed by atoms with E-state index >= 15 is 0 Å². The van der Waals surface area contributed by atoms with Gasteiger partial charge in [0.05, 0.1) is 17.8 Å². The fraction of sp³-hybridized carbons (Fsp3) is 0.214. The summed E-state index contributed by atoms with van der Waals surface area (Å²) in [6.07, 6.45) is 0. The van der Waals surface area contributed by atoms with E-state index in [1.807, 2.05) is 0 Å². The van der Waals surface area contributed by atoms with Crippen LogP contribution in [-0.2, 0) is 13.1 Å². The summed E-state index contributed by atoms with van der Waals surface area (Å²) in [6, 6.07) is 7.75. The number of urea groups is 1. The maximum absolute atomic E-state index is 11.6. The van der Waals surface area contributed by atoms with Crippen molar-refractivity contribution < 1.29 is 19.2 Å². The highest BCUT2D eigenvalue weighted by atomic mass is 16.5. The number of carboxylic acid groups (broad SMARTS) is 1. The first-order valence-electron chi connectivity index (χ1n) is 6.31. The molecule has 0 aliphatic heterocycles. The van der Waals surface area contributed by atoms with E-state index in [4.69, 9.17) is 9.63 Å². The zero-order chi connectivity index (χ0) is 15.2. The minimum atomic E-state index is -0.998. The molecule has 0 fully saturated rings. The predicted molar refractivity (Wildman–Crippen MR) is 73.7 cm³/mol. The average molecular weight is 289 g/mol. The molecule has 0 aliphatic rings. The van der Waals surface area contributed by atoms with Crippen molar-refractivity contribution in [1.82, 2.24) is 15.8 Å². The molecule has 0 atom stereocenters. The third kappa shape index (κ3) is 4.34. The third-order valence-electron chi connectivity index (χ3n) is 2.73. The number of carbonyl (C=O) groups is 2. The Kier molecular flexibility index (Phi) is 4.55. The van der Waals surface area contributed by atoms with Crippen LogP contribution in [0.25, 0.3) is 0 Å². The topological polar surface area (TPSA) is 104 Å². The van der Waals surface area contributed by atoms with E-state index in [0.29, 0.717) is 11.3 Å². The van der Waals surface area contributed by atoms with Gasteiger partial charge in [-0.15, -0.1) is 0 Å². The number of aromatic carboxylic acids is 1. The maximum atomic E-state index is 11.6. The number of amides is 2. The van der Waals surface area contributed by atoms with Gasteiger partial charge >= 0.3 is 12.0 Å². The second-order valence-corrected chi connectivity index (χ2v) is 4.48. The van der Waals surface area contributed by atoms with Crippen molar-refractivity contribution in [2.45, 2.75) is 20.0 Å². The molecule has 0 spiro atoms. The smallest absolute Gasteiger partial charge is 0.335 e. The Labute approximate surface area is 120 Å². The number of benzene rings is 1. The standard InChI is InChI=1S/C14H15N3O4/c1-9-5-12(21-17-9)8-16-14(20)15-7-10-3-2-4-11(6-10)13(18)19/h2-6H,7-8H2,1H3,(H,18,19)(H2,15,16,20). The Morgan fingerprint density at radius 3 is 2.67 bits per heavy atom. The number of nitrogens with zero attached hydrogens (tertiary/aromatic N) is 1. The number of aromatic nitrogens is 1. The highest BCUT2D eigenvalue weighted by Crippen LogP contribution is 2.05. The van der Waals surface area contributed by atoms with Crippen molar-refractivity contribution in [2.75, 3.05) is 0 Å². The van der Waals surface area contributed by atoms with Gasteiger partial charge in [0.1, 0.15) is 0 Å². The van der Waals surface area contributed by atoms with E-state index in [9.17, 15) is 9.59 Å². The van der Waals surface area contributed by atoms with Gasteiger partial charge in [-0.2, -0.15) is 0 Å². The molecule has 2 amide bonds. The molecule has 21 heavy (non-hydrogen) atoms. The lowest BCUT2D eigenvalue weighted by molar-refractivity contribution is 0.0696. The summed E-state index contributed by atoms with van der Waals surface area (Å²) in [5.41, 5.74) is 1.64. The summed E-state index contributed by atoms with van der Waals surface area (Å²) in [7, 11) is 0. The Hall–Kier alpha value is -2.83. The predicted octanol–water partition coefficient (Wildman–Crippen LogP) is 1.68. The lowest BCUT2D eigenvalue weighted by Crippen LogP contribution is -2.34. The second kappa shape index (κ2) is 6.56. The zero-order valence-corrected chi connectivity index (χ0v) is 11.4. The molecule has 2 rings (SSSR count). The van der Waals surface area contributed by atoms with Crippen molar-refractivity contribution in [2.24, 2.45) is 0 Å². The summed E-state index contributed by atoms with van der Waals surface area (Å²) < 4.78 is 4.96. The van der Waals surface area contributed by atoms with Gasteiger partial charge in [-0.3, -0.25) is 0 Å². The Balaban J connectivity index is 1.81. The van der Waals surface area contributed by atoms with E-state index in [-0.39, 0.29) is 24.7 Å². The molecule has 7 heteroatoms. The van der Waals surface area contributed by atoms with Crippen LogP contribution >= 0.6 is 0 Å². The highest BCUT2D eigenvalue weighted by molar-refractivity contribution is 5.87. The molecule has 110 valence electrons. The van der Waals surface area contributed by atoms with Crippen LogP contribution in [0.3, 0.4) is 0 Å². The van der Waals surface area contributed by atoms with Crippen LogP contribution in [0.5, 0.6) is 0 Å². The summed E-state index contributed by atoms with van der Waals surface area (Å²) in [5, 5.41) is 17.9. The van der Waals surface area contributed by atoms with E-state index in [2.05, 4.69) is 15.8 Å². The van der Waals surface area contributed by atoms with Crippen molar-refractivity contribution in [3.8, 4) is 0 Å². The van der Waals surface area contributed by atoms with Gasteiger partial charge < -0.3 is 20.3 Å². The Morgan fingerprint density at radius 1 is 1.24 bits per heavy atom. The first-order valence-corrected chi connectivity index (χ1v) is 6.31. The summed E-state index contributed by atoms with van der Waals surface area (Å²) >= 11 is 0. The first kappa shape index (κ1) is 14.6. The number of aryl methyl sites for hydroxylation is 1. The summed E-state index contributed by atoms with van der Waals surface area (Å²) in [4.78, 5) is 22.5.